The Morgan fingerprint density at radius 1 is 1.42 bits per heavy atom. The highest BCUT2D eigenvalue weighted by Gasteiger charge is 2.21. The van der Waals surface area contributed by atoms with Gasteiger partial charge in [-0.15, -0.1) is 0 Å². The van der Waals surface area contributed by atoms with Gasteiger partial charge in [-0.2, -0.15) is 0 Å². The Bertz CT molecular complexity index is 377. The average molecular weight is 265 g/mol. The van der Waals surface area contributed by atoms with Crippen molar-refractivity contribution in [2.24, 2.45) is 0 Å². The minimum Gasteiger partial charge on any atom is -0.468 e. The van der Waals surface area contributed by atoms with Crippen LogP contribution in [0.3, 0.4) is 0 Å². The number of furan rings is 1. The first-order valence-corrected chi connectivity index (χ1v) is 7.39. The molecule has 0 aliphatic carbocycles. The van der Waals surface area contributed by atoms with Gasteiger partial charge < -0.3 is 14.6 Å². The molecule has 4 heteroatoms. The third-order valence-electron chi connectivity index (χ3n) is 3.93. The highest BCUT2D eigenvalue weighted by atomic mass is 16.3. The Kier molecular flexibility index (Phi) is 5.43. The lowest BCUT2D eigenvalue weighted by Crippen LogP contribution is -2.37. The van der Waals surface area contributed by atoms with E-state index < -0.39 is 0 Å². The third kappa shape index (κ3) is 4.06. The zero-order valence-corrected chi connectivity index (χ0v) is 12.5. The van der Waals surface area contributed by atoms with Crippen LogP contribution in [0.5, 0.6) is 0 Å². The summed E-state index contributed by atoms with van der Waals surface area (Å²) >= 11 is 0. The van der Waals surface area contributed by atoms with Crippen molar-refractivity contribution >= 4 is 0 Å². The lowest BCUT2D eigenvalue weighted by atomic mass is 10.2. The molecule has 0 bridgehead atoms. The fraction of sp³-hybridized carbons (Fsp3) is 0.733. The van der Waals surface area contributed by atoms with Crippen molar-refractivity contribution < 1.29 is 4.42 Å². The highest BCUT2D eigenvalue weighted by Crippen LogP contribution is 2.17. The van der Waals surface area contributed by atoms with Crippen molar-refractivity contribution in [2.75, 3.05) is 33.2 Å². The van der Waals surface area contributed by atoms with Crippen molar-refractivity contribution in [1.29, 1.82) is 0 Å². The van der Waals surface area contributed by atoms with Crippen molar-refractivity contribution in [3.05, 3.63) is 23.7 Å². The average Bonchev–Trinajstić information content (AvgIpc) is 2.75. The van der Waals surface area contributed by atoms with Gasteiger partial charge in [-0.25, -0.2) is 0 Å². The molecule has 1 saturated heterocycles. The van der Waals surface area contributed by atoms with Crippen LogP contribution in [0.25, 0.3) is 0 Å². The molecule has 0 aromatic carbocycles. The monoisotopic (exact) mass is 265 g/mol. The molecule has 0 saturated carbocycles. The second kappa shape index (κ2) is 7.08. The van der Waals surface area contributed by atoms with Gasteiger partial charge >= 0.3 is 0 Å². The molecule has 0 amide bonds. The Morgan fingerprint density at radius 2 is 2.26 bits per heavy atom. The standard InChI is InChI=1S/C15H27N3O/c1-4-16-10-15-14(6-9-19-15)12-18-8-5-7-17(3)11-13(18)2/h6,9,13,16H,4-5,7-8,10-12H2,1-3H3. The molecule has 108 valence electrons. The molecule has 1 aliphatic rings. The van der Waals surface area contributed by atoms with E-state index in [1.807, 2.05) is 6.26 Å². The van der Waals surface area contributed by atoms with E-state index in [9.17, 15) is 0 Å². The third-order valence-corrected chi connectivity index (χ3v) is 3.93. The zero-order chi connectivity index (χ0) is 13.7. The molecule has 2 heterocycles. The van der Waals surface area contributed by atoms with Crippen LogP contribution < -0.4 is 5.32 Å². The molecular weight excluding hydrogens is 238 g/mol. The molecule has 1 atom stereocenters. The van der Waals surface area contributed by atoms with E-state index in [1.54, 1.807) is 0 Å². The van der Waals surface area contributed by atoms with Crippen molar-refractivity contribution in [1.82, 2.24) is 15.1 Å². The number of nitrogens with zero attached hydrogens (tertiary/aromatic N) is 2. The molecule has 2 rings (SSSR count). The Morgan fingerprint density at radius 3 is 3.05 bits per heavy atom. The van der Waals surface area contributed by atoms with Gasteiger partial charge in [0.2, 0.25) is 0 Å². The van der Waals surface area contributed by atoms with Gasteiger partial charge in [-0.3, -0.25) is 4.90 Å². The summed E-state index contributed by atoms with van der Waals surface area (Å²) in [5.41, 5.74) is 1.33. The Labute approximate surface area is 116 Å². The highest BCUT2D eigenvalue weighted by molar-refractivity contribution is 5.17. The van der Waals surface area contributed by atoms with Crippen molar-refractivity contribution in [3.8, 4) is 0 Å². The number of hydrogen-bond acceptors (Lipinski definition) is 4. The Hall–Kier alpha value is -0.840. The molecular formula is C15H27N3O. The first kappa shape index (κ1) is 14.6. The summed E-state index contributed by atoms with van der Waals surface area (Å²) in [6.45, 7) is 10.8. The van der Waals surface area contributed by atoms with Crippen LogP contribution in [0.15, 0.2) is 16.7 Å². The lowest BCUT2D eigenvalue weighted by molar-refractivity contribution is 0.193. The largest absolute Gasteiger partial charge is 0.468 e. The first-order valence-electron chi connectivity index (χ1n) is 7.39. The van der Waals surface area contributed by atoms with E-state index in [0.717, 1.165) is 31.9 Å². The van der Waals surface area contributed by atoms with Gasteiger partial charge in [0.15, 0.2) is 0 Å². The predicted octanol–water partition coefficient (Wildman–Crippen LogP) is 1.92. The maximum atomic E-state index is 5.60. The summed E-state index contributed by atoms with van der Waals surface area (Å²) in [7, 11) is 2.22. The molecule has 1 aliphatic heterocycles. The number of hydrogen-bond donors (Lipinski definition) is 1. The van der Waals surface area contributed by atoms with Crippen LogP contribution in [0, 0.1) is 0 Å². The quantitative estimate of drug-likeness (QED) is 0.881. The summed E-state index contributed by atoms with van der Waals surface area (Å²) in [6, 6.07) is 2.72. The lowest BCUT2D eigenvalue weighted by Gasteiger charge is -2.27. The number of nitrogens with one attached hydrogen (secondary N) is 1. The van der Waals surface area contributed by atoms with Crippen LogP contribution in [-0.4, -0.2) is 49.1 Å². The summed E-state index contributed by atoms with van der Waals surface area (Å²) in [5.74, 6) is 1.09. The smallest absolute Gasteiger partial charge is 0.122 e. The molecule has 1 aromatic heterocycles. The second-order valence-electron chi connectivity index (χ2n) is 5.58. The van der Waals surface area contributed by atoms with Gasteiger partial charge in [-0.1, -0.05) is 6.92 Å². The van der Waals surface area contributed by atoms with Gasteiger partial charge in [-0.05, 0) is 39.5 Å². The molecule has 4 nitrogen and oxygen atoms in total. The van der Waals surface area contributed by atoms with E-state index in [1.165, 1.54) is 25.1 Å². The molecule has 0 radical (unpaired) electrons. The van der Waals surface area contributed by atoms with Crippen LogP contribution >= 0.6 is 0 Å². The number of rotatable bonds is 5. The van der Waals surface area contributed by atoms with Gasteiger partial charge in [0.05, 0.1) is 12.8 Å². The topological polar surface area (TPSA) is 31.7 Å². The molecule has 19 heavy (non-hydrogen) atoms. The zero-order valence-electron chi connectivity index (χ0n) is 12.5. The first-order chi connectivity index (χ1) is 9.20. The molecule has 1 unspecified atom stereocenters. The van der Waals surface area contributed by atoms with Crippen LogP contribution in [0.4, 0.5) is 0 Å². The van der Waals surface area contributed by atoms with Crippen molar-refractivity contribution in [3.63, 3.8) is 0 Å². The minimum absolute atomic E-state index is 0.606. The fourth-order valence-electron chi connectivity index (χ4n) is 2.78. The van der Waals surface area contributed by atoms with E-state index in [2.05, 4.69) is 42.1 Å². The Balaban J connectivity index is 1.97. The van der Waals surface area contributed by atoms with E-state index >= 15 is 0 Å². The van der Waals surface area contributed by atoms with Gasteiger partial charge in [0, 0.05) is 31.2 Å². The van der Waals surface area contributed by atoms with Crippen molar-refractivity contribution in [2.45, 2.75) is 39.4 Å². The molecule has 1 aromatic rings. The van der Waals surface area contributed by atoms with Crippen LogP contribution in [0.2, 0.25) is 0 Å². The minimum atomic E-state index is 0.606. The van der Waals surface area contributed by atoms with E-state index in [0.29, 0.717) is 6.04 Å². The number of likely N-dealkylation sites (N-methyl/N-ethyl adjacent to an activating group) is 1. The summed E-state index contributed by atoms with van der Waals surface area (Å²) in [6.07, 6.45) is 3.07. The maximum Gasteiger partial charge on any atom is 0.122 e. The molecule has 1 N–H and O–H groups in total. The summed E-state index contributed by atoms with van der Waals surface area (Å²) < 4.78 is 5.60. The normalized spacial score (nSPS) is 22.6. The maximum absolute atomic E-state index is 5.60. The fourth-order valence-corrected chi connectivity index (χ4v) is 2.78. The molecule has 1 fully saturated rings. The van der Waals surface area contributed by atoms with Gasteiger partial charge in [0.25, 0.3) is 0 Å². The van der Waals surface area contributed by atoms with Crippen LogP contribution in [-0.2, 0) is 13.1 Å². The van der Waals surface area contributed by atoms with Crippen LogP contribution in [0.1, 0.15) is 31.6 Å². The molecule has 0 spiro atoms. The van der Waals surface area contributed by atoms with E-state index in [4.69, 9.17) is 4.42 Å². The second-order valence-corrected chi connectivity index (χ2v) is 5.58. The van der Waals surface area contributed by atoms with Gasteiger partial charge in [0.1, 0.15) is 5.76 Å². The summed E-state index contributed by atoms with van der Waals surface area (Å²) in [4.78, 5) is 5.00. The summed E-state index contributed by atoms with van der Waals surface area (Å²) in [5, 5.41) is 3.34. The predicted molar refractivity (Wildman–Crippen MR) is 78.1 cm³/mol. The SMILES string of the molecule is CCNCc1occc1CN1CCCN(C)CC1C. The van der Waals surface area contributed by atoms with E-state index in [-0.39, 0.29) is 0 Å².